The van der Waals surface area contributed by atoms with Crippen LogP contribution in [0.5, 0.6) is 0 Å². The normalized spacial score (nSPS) is 16.7. The second-order valence-corrected chi connectivity index (χ2v) is 9.12. The fourth-order valence-electron chi connectivity index (χ4n) is 4.34. The minimum atomic E-state index is -0.0130. The summed E-state index contributed by atoms with van der Waals surface area (Å²) in [6, 6.07) is 11.1. The molecular weight excluding hydrogens is 366 g/mol. The maximum atomic E-state index is 12.2. The summed E-state index contributed by atoms with van der Waals surface area (Å²) in [6.07, 6.45) is 8.56. The van der Waals surface area contributed by atoms with E-state index in [4.69, 9.17) is 0 Å². The molecule has 4 nitrogen and oxygen atoms in total. The molecule has 0 bridgehead atoms. The molecule has 0 amide bonds. The predicted molar refractivity (Wildman–Crippen MR) is 116 cm³/mol. The van der Waals surface area contributed by atoms with Gasteiger partial charge in [0.25, 0.3) is 5.56 Å². The Balaban J connectivity index is 1.48. The van der Waals surface area contributed by atoms with E-state index in [1.807, 2.05) is 5.38 Å². The highest BCUT2D eigenvalue weighted by Crippen LogP contribution is 2.33. The molecule has 2 aromatic heterocycles. The Bertz CT molecular complexity index is 967. The standard InChI is InChI=1S/C23H29N3OS/c1-16(2)22(19-10-8-18(9-11-19)17-6-4-3-5-7-17)24-15-20-14-21(27)26-12-13-28-23(26)25-20/h8-14,16-17,22,24H,3-7,15H2,1-2H3. The Labute approximate surface area is 170 Å². The van der Waals surface area contributed by atoms with Crippen LogP contribution < -0.4 is 10.9 Å². The summed E-state index contributed by atoms with van der Waals surface area (Å²) in [6.45, 7) is 5.06. The molecule has 1 saturated carbocycles. The highest BCUT2D eigenvalue weighted by Gasteiger charge is 2.18. The average Bonchev–Trinajstić information content (AvgIpc) is 3.18. The second-order valence-electron chi connectivity index (χ2n) is 8.25. The molecule has 4 rings (SSSR count). The summed E-state index contributed by atoms with van der Waals surface area (Å²) in [5.74, 6) is 1.19. The molecular formula is C23H29N3OS. The van der Waals surface area contributed by atoms with Gasteiger partial charge < -0.3 is 5.32 Å². The number of nitrogens with one attached hydrogen (secondary N) is 1. The van der Waals surface area contributed by atoms with Gasteiger partial charge in [-0.05, 0) is 35.8 Å². The van der Waals surface area contributed by atoms with E-state index in [0.29, 0.717) is 12.5 Å². The molecule has 1 unspecified atom stereocenters. The third-order valence-corrected chi connectivity index (χ3v) is 6.65. The minimum absolute atomic E-state index is 0.0130. The summed E-state index contributed by atoms with van der Waals surface area (Å²) < 4.78 is 1.60. The van der Waals surface area contributed by atoms with Gasteiger partial charge >= 0.3 is 0 Å². The van der Waals surface area contributed by atoms with Crippen LogP contribution in [0, 0.1) is 5.92 Å². The van der Waals surface area contributed by atoms with Crippen molar-refractivity contribution < 1.29 is 0 Å². The van der Waals surface area contributed by atoms with Gasteiger partial charge in [-0.2, -0.15) is 0 Å². The summed E-state index contributed by atoms with van der Waals surface area (Å²) in [5, 5.41) is 5.52. The van der Waals surface area contributed by atoms with Crippen LogP contribution in [0.4, 0.5) is 0 Å². The van der Waals surface area contributed by atoms with Crippen molar-refractivity contribution >= 4 is 16.3 Å². The van der Waals surface area contributed by atoms with Gasteiger partial charge in [-0.1, -0.05) is 57.4 Å². The average molecular weight is 396 g/mol. The van der Waals surface area contributed by atoms with Crippen molar-refractivity contribution in [1.82, 2.24) is 14.7 Å². The molecule has 28 heavy (non-hydrogen) atoms. The molecule has 5 heteroatoms. The topological polar surface area (TPSA) is 46.4 Å². The Kier molecular flexibility index (Phi) is 5.93. The highest BCUT2D eigenvalue weighted by atomic mass is 32.1. The maximum Gasteiger partial charge on any atom is 0.258 e. The van der Waals surface area contributed by atoms with Crippen molar-refractivity contribution in [2.24, 2.45) is 5.92 Å². The lowest BCUT2D eigenvalue weighted by Crippen LogP contribution is -2.27. The first kappa shape index (κ1) is 19.3. The summed E-state index contributed by atoms with van der Waals surface area (Å²) in [7, 11) is 0. The van der Waals surface area contributed by atoms with Crippen molar-refractivity contribution in [3.8, 4) is 0 Å². The number of hydrogen-bond donors (Lipinski definition) is 1. The van der Waals surface area contributed by atoms with E-state index in [-0.39, 0.29) is 11.6 Å². The Hall–Kier alpha value is -1.98. The first-order valence-corrected chi connectivity index (χ1v) is 11.3. The molecule has 1 fully saturated rings. The zero-order valence-corrected chi connectivity index (χ0v) is 17.5. The van der Waals surface area contributed by atoms with E-state index in [2.05, 4.69) is 48.4 Å². The maximum absolute atomic E-state index is 12.2. The molecule has 1 atom stereocenters. The summed E-state index contributed by atoms with van der Waals surface area (Å²) >= 11 is 1.49. The molecule has 0 saturated heterocycles. The quantitative estimate of drug-likeness (QED) is 0.617. The zero-order valence-electron chi connectivity index (χ0n) is 16.7. The van der Waals surface area contributed by atoms with Gasteiger partial charge in [0.2, 0.25) is 0 Å². The van der Waals surface area contributed by atoms with Crippen LogP contribution in [0.1, 0.15) is 74.7 Å². The van der Waals surface area contributed by atoms with Gasteiger partial charge in [0, 0.05) is 30.2 Å². The van der Waals surface area contributed by atoms with Crippen molar-refractivity contribution in [3.63, 3.8) is 0 Å². The summed E-state index contributed by atoms with van der Waals surface area (Å²) in [4.78, 5) is 17.6. The first-order chi connectivity index (χ1) is 13.6. The Morgan fingerprint density at radius 1 is 1.18 bits per heavy atom. The number of aromatic nitrogens is 2. The van der Waals surface area contributed by atoms with Crippen LogP contribution in [0.2, 0.25) is 0 Å². The van der Waals surface area contributed by atoms with Crippen molar-refractivity contribution in [1.29, 1.82) is 0 Å². The molecule has 1 aromatic carbocycles. The van der Waals surface area contributed by atoms with Gasteiger partial charge in [0.05, 0.1) is 5.69 Å². The lowest BCUT2D eigenvalue weighted by molar-refractivity contribution is 0.408. The third-order valence-electron chi connectivity index (χ3n) is 5.90. The molecule has 0 spiro atoms. The van der Waals surface area contributed by atoms with E-state index in [0.717, 1.165) is 16.6 Å². The second kappa shape index (κ2) is 8.58. The molecule has 1 N–H and O–H groups in total. The number of thiazole rings is 1. The Morgan fingerprint density at radius 2 is 1.93 bits per heavy atom. The predicted octanol–water partition coefficient (Wildman–Crippen LogP) is 5.29. The van der Waals surface area contributed by atoms with Gasteiger partial charge in [0.1, 0.15) is 0 Å². The lowest BCUT2D eigenvalue weighted by atomic mass is 9.83. The molecule has 1 aliphatic carbocycles. The number of nitrogens with zero attached hydrogens (tertiary/aromatic N) is 2. The van der Waals surface area contributed by atoms with Crippen LogP contribution >= 0.6 is 11.3 Å². The molecule has 0 radical (unpaired) electrons. The fraction of sp³-hybridized carbons (Fsp3) is 0.478. The van der Waals surface area contributed by atoms with E-state index >= 15 is 0 Å². The van der Waals surface area contributed by atoms with Crippen molar-refractivity contribution in [2.75, 3.05) is 0 Å². The SMILES string of the molecule is CC(C)C(NCc1cc(=O)n2ccsc2n1)c1ccc(C2CCCCC2)cc1. The monoisotopic (exact) mass is 395 g/mol. The van der Waals surface area contributed by atoms with Crippen LogP contribution in [0.15, 0.2) is 46.7 Å². The van der Waals surface area contributed by atoms with E-state index in [9.17, 15) is 4.79 Å². The largest absolute Gasteiger partial charge is 0.304 e. The minimum Gasteiger partial charge on any atom is -0.304 e. The van der Waals surface area contributed by atoms with Gasteiger partial charge in [-0.3, -0.25) is 9.20 Å². The molecule has 148 valence electrons. The molecule has 3 aromatic rings. The van der Waals surface area contributed by atoms with Gasteiger partial charge in [-0.25, -0.2) is 4.98 Å². The molecule has 2 heterocycles. The zero-order chi connectivity index (χ0) is 19.5. The third kappa shape index (κ3) is 4.20. The first-order valence-electron chi connectivity index (χ1n) is 10.4. The number of hydrogen-bond acceptors (Lipinski definition) is 4. The van der Waals surface area contributed by atoms with E-state index < -0.39 is 0 Å². The van der Waals surface area contributed by atoms with Crippen LogP contribution in [0.3, 0.4) is 0 Å². The molecule has 1 aliphatic rings. The molecule has 0 aliphatic heterocycles. The number of benzene rings is 1. The van der Waals surface area contributed by atoms with Gasteiger partial charge in [0.15, 0.2) is 4.96 Å². The van der Waals surface area contributed by atoms with Crippen LogP contribution in [-0.2, 0) is 6.54 Å². The van der Waals surface area contributed by atoms with E-state index in [1.54, 1.807) is 16.7 Å². The lowest BCUT2D eigenvalue weighted by Gasteiger charge is -2.25. The van der Waals surface area contributed by atoms with Crippen LogP contribution in [0.25, 0.3) is 4.96 Å². The smallest absolute Gasteiger partial charge is 0.258 e. The number of rotatable bonds is 6. The van der Waals surface area contributed by atoms with E-state index in [1.165, 1.54) is 54.6 Å². The number of fused-ring (bicyclic) bond motifs is 1. The highest BCUT2D eigenvalue weighted by molar-refractivity contribution is 7.15. The fourth-order valence-corrected chi connectivity index (χ4v) is 5.08. The van der Waals surface area contributed by atoms with Gasteiger partial charge in [-0.15, -0.1) is 11.3 Å². The van der Waals surface area contributed by atoms with Crippen molar-refractivity contribution in [2.45, 2.75) is 64.5 Å². The Morgan fingerprint density at radius 3 is 2.64 bits per heavy atom. The van der Waals surface area contributed by atoms with Crippen molar-refractivity contribution in [3.05, 3.63) is 69.1 Å². The summed E-state index contributed by atoms with van der Waals surface area (Å²) in [5.41, 5.74) is 3.59. The van der Waals surface area contributed by atoms with Crippen LogP contribution in [-0.4, -0.2) is 9.38 Å².